The van der Waals surface area contributed by atoms with E-state index >= 15 is 0 Å². The van der Waals surface area contributed by atoms with Crippen LogP contribution in [0, 0.1) is 18.3 Å². The van der Waals surface area contributed by atoms with Crippen molar-refractivity contribution in [3.63, 3.8) is 0 Å². The lowest BCUT2D eigenvalue weighted by Gasteiger charge is -2.16. The fraction of sp³-hybridized carbons (Fsp3) is 0.400. The average molecular weight is 250 g/mol. The van der Waals surface area contributed by atoms with Gasteiger partial charge in [-0.1, -0.05) is 0 Å². The summed E-state index contributed by atoms with van der Waals surface area (Å²) in [6.45, 7) is 0.929. The van der Waals surface area contributed by atoms with Crippen molar-refractivity contribution in [1.29, 1.82) is 5.26 Å². The summed E-state index contributed by atoms with van der Waals surface area (Å²) in [5.41, 5.74) is -3.11. The largest absolute Gasteiger partial charge is 0.417 e. The van der Waals surface area contributed by atoms with Crippen molar-refractivity contribution < 1.29 is 22.0 Å². The van der Waals surface area contributed by atoms with Crippen molar-refractivity contribution in [3.8, 4) is 6.07 Å². The molecule has 1 rings (SSSR count). The average Bonchev–Trinajstić information content (AvgIpc) is 2.15. The minimum absolute atomic E-state index is 0.387. The summed E-state index contributed by atoms with van der Waals surface area (Å²) in [6, 6.07) is 1.54. The second-order valence-corrected chi connectivity index (χ2v) is 3.30. The molecule has 7 heteroatoms. The van der Waals surface area contributed by atoms with E-state index in [2.05, 4.69) is 4.98 Å². The minimum Gasteiger partial charge on any atom is -0.255 e. The smallest absolute Gasteiger partial charge is 0.255 e. The maximum atomic E-state index is 12.7. The van der Waals surface area contributed by atoms with Gasteiger partial charge in [-0.2, -0.15) is 18.4 Å². The van der Waals surface area contributed by atoms with E-state index in [4.69, 9.17) is 5.26 Å². The zero-order chi connectivity index (χ0) is 13.2. The molecule has 1 heterocycles. The third-order valence-electron chi connectivity index (χ3n) is 2.20. The third kappa shape index (κ3) is 2.70. The van der Waals surface area contributed by atoms with Gasteiger partial charge in [0.05, 0.1) is 18.1 Å². The van der Waals surface area contributed by atoms with Gasteiger partial charge in [-0.05, 0) is 18.1 Å². The predicted octanol–water partition coefficient (Wildman–Crippen LogP) is 3.41. The molecule has 0 fully saturated rings. The number of nitrogens with zero attached hydrogens (tertiary/aromatic N) is 2. The Kier molecular flexibility index (Phi) is 3.66. The number of pyridine rings is 1. The summed E-state index contributed by atoms with van der Waals surface area (Å²) in [5, 5.41) is 8.39. The van der Waals surface area contributed by atoms with E-state index in [-0.39, 0.29) is 5.56 Å². The standard InChI is InChI=1S/C10H7F5N2/c1-5-7(10(13,14)15)6(2-3-16)4-17-8(5)9(11)12/h4,9H,2H2,1H3. The van der Waals surface area contributed by atoms with E-state index in [9.17, 15) is 22.0 Å². The molecule has 0 saturated heterocycles. The van der Waals surface area contributed by atoms with Gasteiger partial charge in [0.25, 0.3) is 6.43 Å². The fourth-order valence-corrected chi connectivity index (χ4v) is 1.51. The van der Waals surface area contributed by atoms with Crippen molar-refractivity contribution in [2.24, 2.45) is 0 Å². The Bertz CT molecular complexity index is 459. The van der Waals surface area contributed by atoms with Gasteiger partial charge in [0, 0.05) is 6.20 Å². The van der Waals surface area contributed by atoms with Crippen LogP contribution in [-0.2, 0) is 12.6 Å². The summed E-state index contributed by atoms with van der Waals surface area (Å²) in [5.74, 6) is 0. The second kappa shape index (κ2) is 4.65. The second-order valence-electron chi connectivity index (χ2n) is 3.30. The molecule has 0 atom stereocenters. The number of rotatable bonds is 2. The van der Waals surface area contributed by atoms with Gasteiger partial charge < -0.3 is 0 Å². The molecule has 0 spiro atoms. The van der Waals surface area contributed by atoms with E-state index in [0.29, 0.717) is 6.20 Å². The maximum Gasteiger partial charge on any atom is 0.417 e. The number of aromatic nitrogens is 1. The van der Waals surface area contributed by atoms with Crippen molar-refractivity contribution in [2.45, 2.75) is 25.9 Å². The summed E-state index contributed by atoms with van der Waals surface area (Å²) >= 11 is 0. The lowest BCUT2D eigenvalue weighted by molar-refractivity contribution is -0.138. The van der Waals surface area contributed by atoms with Gasteiger partial charge in [0.15, 0.2) is 0 Å². The van der Waals surface area contributed by atoms with Crippen LogP contribution in [0.25, 0.3) is 0 Å². The van der Waals surface area contributed by atoms with Crippen molar-refractivity contribution in [2.75, 3.05) is 0 Å². The molecule has 2 nitrogen and oxygen atoms in total. The van der Waals surface area contributed by atoms with Gasteiger partial charge in [0.1, 0.15) is 5.69 Å². The van der Waals surface area contributed by atoms with Gasteiger partial charge >= 0.3 is 6.18 Å². The van der Waals surface area contributed by atoms with Gasteiger partial charge in [-0.15, -0.1) is 0 Å². The van der Waals surface area contributed by atoms with E-state index in [0.717, 1.165) is 6.92 Å². The highest BCUT2D eigenvalue weighted by molar-refractivity contribution is 5.39. The summed E-state index contributed by atoms with van der Waals surface area (Å²) in [4.78, 5) is 3.27. The maximum absolute atomic E-state index is 12.7. The van der Waals surface area contributed by atoms with Crippen LogP contribution in [0.3, 0.4) is 0 Å². The number of hydrogen-bond acceptors (Lipinski definition) is 2. The van der Waals surface area contributed by atoms with E-state index in [1.807, 2.05) is 0 Å². The molecule has 92 valence electrons. The fourth-order valence-electron chi connectivity index (χ4n) is 1.51. The summed E-state index contributed by atoms with van der Waals surface area (Å²) in [6.07, 6.45) is -7.69. The Hall–Kier alpha value is -1.71. The molecule has 0 aliphatic carbocycles. The molecule has 0 unspecified atom stereocenters. The monoisotopic (exact) mass is 250 g/mol. The first-order valence-corrected chi connectivity index (χ1v) is 4.49. The molecule has 0 aliphatic rings. The Morgan fingerprint density at radius 1 is 1.41 bits per heavy atom. The van der Waals surface area contributed by atoms with Crippen LogP contribution in [0.4, 0.5) is 22.0 Å². The molecule has 0 N–H and O–H groups in total. The predicted molar refractivity (Wildman–Crippen MR) is 48.3 cm³/mol. The third-order valence-corrected chi connectivity index (χ3v) is 2.20. The normalized spacial score (nSPS) is 11.6. The summed E-state index contributed by atoms with van der Waals surface area (Å²) in [7, 11) is 0. The highest BCUT2D eigenvalue weighted by atomic mass is 19.4. The topological polar surface area (TPSA) is 36.7 Å². The van der Waals surface area contributed by atoms with Crippen molar-refractivity contribution >= 4 is 0 Å². The van der Waals surface area contributed by atoms with E-state index in [1.165, 1.54) is 0 Å². The lowest BCUT2D eigenvalue weighted by Crippen LogP contribution is -2.14. The quantitative estimate of drug-likeness (QED) is 0.754. The zero-order valence-electron chi connectivity index (χ0n) is 8.65. The molecule has 17 heavy (non-hydrogen) atoms. The molecular weight excluding hydrogens is 243 g/mol. The lowest BCUT2D eigenvalue weighted by atomic mass is 10.00. The number of nitriles is 1. The van der Waals surface area contributed by atoms with Gasteiger partial charge in [0.2, 0.25) is 0 Å². The van der Waals surface area contributed by atoms with E-state index < -0.39 is 35.8 Å². The van der Waals surface area contributed by atoms with Crippen molar-refractivity contribution in [3.05, 3.63) is 28.6 Å². The van der Waals surface area contributed by atoms with Gasteiger partial charge in [-0.3, -0.25) is 4.98 Å². The Balaban J connectivity index is 3.49. The molecule has 0 saturated carbocycles. The molecule has 0 bridgehead atoms. The Morgan fingerprint density at radius 3 is 2.41 bits per heavy atom. The highest BCUT2D eigenvalue weighted by Crippen LogP contribution is 2.37. The molecule has 0 radical (unpaired) electrons. The van der Waals surface area contributed by atoms with Crippen LogP contribution in [0.5, 0.6) is 0 Å². The van der Waals surface area contributed by atoms with Crippen LogP contribution in [0.1, 0.15) is 28.8 Å². The Labute approximate surface area is 93.7 Å². The van der Waals surface area contributed by atoms with Crippen LogP contribution < -0.4 is 0 Å². The molecule has 0 amide bonds. The first-order chi connectivity index (χ1) is 7.79. The number of alkyl halides is 5. The molecule has 1 aromatic heterocycles. The first-order valence-electron chi connectivity index (χ1n) is 4.49. The number of halogens is 5. The molecular formula is C10H7F5N2. The molecule has 0 aromatic carbocycles. The van der Waals surface area contributed by atoms with E-state index in [1.54, 1.807) is 6.07 Å². The number of hydrogen-bond donors (Lipinski definition) is 0. The van der Waals surface area contributed by atoms with Crippen molar-refractivity contribution in [1.82, 2.24) is 4.98 Å². The first kappa shape index (κ1) is 13.4. The molecule has 1 aromatic rings. The van der Waals surface area contributed by atoms with Crippen LogP contribution in [0.15, 0.2) is 6.20 Å². The highest BCUT2D eigenvalue weighted by Gasteiger charge is 2.37. The minimum atomic E-state index is -4.77. The SMILES string of the molecule is Cc1c(C(F)F)ncc(CC#N)c1C(F)(F)F. The molecule has 0 aliphatic heterocycles. The van der Waals surface area contributed by atoms with Crippen LogP contribution >= 0.6 is 0 Å². The summed E-state index contributed by atoms with van der Waals surface area (Å²) < 4.78 is 62.9. The van der Waals surface area contributed by atoms with Crippen LogP contribution in [-0.4, -0.2) is 4.98 Å². The Morgan fingerprint density at radius 2 is 2.00 bits per heavy atom. The zero-order valence-corrected chi connectivity index (χ0v) is 8.65. The van der Waals surface area contributed by atoms with Crippen LogP contribution in [0.2, 0.25) is 0 Å². The van der Waals surface area contributed by atoms with Gasteiger partial charge in [-0.25, -0.2) is 8.78 Å².